The fourth-order valence-electron chi connectivity index (χ4n) is 5.40. The van der Waals surface area contributed by atoms with Crippen molar-refractivity contribution >= 4 is 22.6 Å². The van der Waals surface area contributed by atoms with Gasteiger partial charge in [-0.05, 0) is 23.7 Å². The highest BCUT2D eigenvalue weighted by Gasteiger charge is 1.98. The predicted molar refractivity (Wildman–Crippen MR) is 233 cm³/mol. The van der Waals surface area contributed by atoms with Gasteiger partial charge in [-0.3, -0.25) is 0 Å². The van der Waals surface area contributed by atoms with E-state index in [1.54, 1.807) is 0 Å². The summed E-state index contributed by atoms with van der Waals surface area (Å²) in [5.74, 6) is 0. The maximum atomic E-state index is 5.68. The molecule has 0 saturated carbocycles. The summed E-state index contributed by atoms with van der Waals surface area (Å²) in [5.41, 5.74) is 0. The lowest BCUT2D eigenvalue weighted by Gasteiger charge is -2.09. The summed E-state index contributed by atoms with van der Waals surface area (Å²) in [7, 11) is 0. The van der Waals surface area contributed by atoms with Crippen LogP contribution in [-0.4, -0.2) is 163 Å². The Bertz CT molecular complexity index is 616. The lowest BCUT2D eigenvalue weighted by atomic mass is 10.0. The van der Waals surface area contributed by atoms with Crippen LogP contribution in [0.3, 0.4) is 0 Å². The molecule has 13 heteroatoms. The van der Waals surface area contributed by atoms with E-state index in [0.717, 1.165) is 26.1 Å². The van der Waals surface area contributed by atoms with Crippen LogP contribution >= 0.6 is 22.6 Å². The zero-order valence-corrected chi connectivity index (χ0v) is 38.1. The van der Waals surface area contributed by atoms with E-state index in [9.17, 15) is 0 Å². The van der Waals surface area contributed by atoms with Crippen LogP contribution in [-0.2, 0) is 56.8 Å². The third-order valence-electron chi connectivity index (χ3n) is 8.66. The lowest BCUT2D eigenvalue weighted by Crippen LogP contribution is -2.15. The number of alkyl halides is 1. The monoisotopic (exact) mass is 923 g/mol. The van der Waals surface area contributed by atoms with Gasteiger partial charge in [-0.25, -0.2) is 0 Å². The molecule has 0 aromatic carbocycles. The van der Waals surface area contributed by atoms with E-state index in [-0.39, 0.29) is 0 Å². The van der Waals surface area contributed by atoms with Crippen LogP contribution in [0.4, 0.5) is 0 Å². The Kier molecular flexibility index (Phi) is 55.5. The summed E-state index contributed by atoms with van der Waals surface area (Å²) in [6.45, 7) is 16.2. The van der Waals surface area contributed by atoms with Crippen LogP contribution in [0, 0.1) is 0 Å². The van der Waals surface area contributed by atoms with Gasteiger partial charge in [0.2, 0.25) is 0 Å². The zero-order valence-electron chi connectivity index (χ0n) is 36.0. The van der Waals surface area contributed by atoms with E-state index in [4.69, 9.17) is 56.8 Å². The Labute approximate surface area is 357 Å². The highest BCUT2D eigenvalue weighted by Crippen LogP contribution is 2.12. The van der Waals surface area contributed by atoms with Gasteiger partial charge in [0.25, 0.3) is 0 Å². The lowest BCUT2D eigenvalue weighted by molar-refractivity contribution is -0.0284. The van der Waals surface area contributed by atoms with Crippen molar-refractivity contribution in [3.05, 3.63) is 0 Å². The molecule has 0 aromatic heterocycles. The second-order valence-electron chi connectivity index (χ2n) is 13.7. The first-order chi connectivity index (χ1) is 27.9. The SMILES string of the molecule is CCCCCCCCCCCCCCCOCCOCCOCCOCCOCCOCCOCCOCCOCCOCCOCCOCCCCCCI. The van der Waals surface area contributed by atoms with E-state index in [1.165, 1.54) is 101 Å². The number of hydrogen-bond acceptors (Lipinski definition) is 12. The smallest absolute Gasteiger partial charge is 0.0701 e. The van der Waals surface area contributed by atoms with Gasteiger partial charge in [0.1, 0.15) is 0 Å². The third-order valence-corrected chi connectivity index (χ3v) is 9.42. The minimum atomic E-state index is 0.522. The van der Waals surface area contributed by atoms with Crippen molar-refractivity contribution in [2.24, 2.45) is 0 Å². The van der Waals surface area contributed by atoms with Gasteiger partial charge >= 0.3 is 0 Å². The molecule has 0 atom stereocenters. The molecule has 12 nitrogen and oxygen atoms in total. The number of unbranched alkanes of at least 4 members (excludes halogenated alkanes) is 15. The van der Waals surface area contributed by atoms with Crippen molar-refractivity contribution in [3.63, 3.8) is 0 Å². The molecule has 0 bridgehead atoms. The predicted octanol–water partition coefficient (Wildman–Crippen LogP) is 8.27. The summed E-state index contributed by atoms with van der Waals surface area (Å²) in [5, 5.41) is 0. The van der Waals surface area contributed by atoms with Crippen LogP contribution in [0.15, 0.2) is 0 Å². The van der Waals surface area contributed by atoms with Crippen molar-refractivity contribution in [2.45, 2.75) is 116 Å². The molecule has 0 aliphatic carbocycles. The standard InChI is InChI=1S/C43H87IO12/c1-2-3-4-5-6-7-8-9-10-11-12-14-17-20-45-22-24-47-26-28-49-30-32-51-34-36-53-38-40-55-42-43-56-41-39-54-37-35-52-33-31-50-29-27-48-25-23-46-21-18-15-13-16-19-44/h2-43H2,1H3. The Hall–Kier alpha value is 0.250. The molecule has 0 spiro atoms. The first-order valence-electron chi connectivity index (χ1n) is 22.4. The second-order valence-corrected chi connectivity index (χ2v) is 14.8. The Morgan fingerprint density at radius 1 is 0.196 bits per heavy atom. The Morgan fingerprint density at radius 2 is 0.357 bits per heavy atom. The Balaban J connectivity index is 3.05. The third kappa shape index (κ3) is 54.2. The largest absolute Gasteiger partial charge is 0.379 e. The molecule has 338 valence electrons. The summed E-state index contributed by atoms with van der Waals surface area (Å²) >= 11 is 2.42. The van der Waals surface area contributed by atoms with Crippen LogP contribution in [0.5, 0.6) is 0 Å². The molecule has 56 heavy (non-hydrogen) atoms. The molecule has 0 N–H and O–H groups in total. The van der Waals surface area contributed by atoms with Crippen molar-refractivity contribution < 1.29 is 56.8 Å². The minimum absolute atomic E-state index is 0.522. The van der Waals surface area contributed by atoms with Gasteiger partial charge < -0.3 is 56.8 Å². The van der Waals surface area contributed by atoms with Gasteiger partial charge in [-0.2, -0.15) is 0 Å². The Morgan fingerprint density at radius 3 is 0.554 bits per heavy atom. The normalized spacial score (nSPS) is 11.7. The van der Waals surface area contributed by atoms with Gasteiger partial charge in [0, 0.05) is 13.2 Å². The number of halogens is 1. The number of hydrogen-bond donors (Lipinski definition) is 0. The van der Waals surface area contributed by atoms with Crippen LogP contribution in [0.25, 0.3) is 0 Å². The van der Waals surface area contributed by atoms with Gasteiger partial charge in [0.05, 0.1) is 145 Å². The average molecular weight is 923 g/mol. The number of rotatable bonds is 53. The van der Waals surface area contributed by atoms with E-state index >= 15 is 0 Å². The van der Waals surface area contributed by atoms with Gasteiger partial charge in [-0.15, -0.1) is 0 Å². The van der Waals surface area contributed by atoms with Gasteiger partial charge in [-0.1, -0.05) is 119 Å². The fourth-order valence-corrected chi connectivity index (χ4v) is 5.93. The first-order valence-corrected chi connectivity index (χ1v) is 23.9. The molecule has 0 aliphatic heterocycles. The van der Waals surface area contributed by atoms with E-state index in [0.29, 0.717) is 145 Å². The minimum Gasteiger partial charge on any atom is -0.379 e. The molecule has 0 aromatic rings. The molecule has 0 aliphatic rings. The van der Waals surface area contributed by atoms with Crippen molar-refractivity contribution in [3.8, 4) is 0 Å². The summed E-state index contributed by atoms with van der Waals surface area (Å²) in [6.07, 6.45) is 22.8. The van der Waals surface area contributed by atoms with Crippen molar-refractivity contribution in [1.82, 2.24) is 0 Å². The average Bonchev–Trinajstić information content (AvgIpc) is 3.21. The fraction of sp³-hybridized carbons (Fsp3) is 1.00. The molecule has 0 unspecified atom stereocenters. The molecule has 0 heterocycles. The maximum Gasteiger partial charge on any atom is 0.0701 e. The first kappa shape index (κ1) is 56.2. The van der Waals surface area contributed by atoms with E-state index in [1.807, 2.05) is 0 Å². The van der Waals surface area contributed by atoms with Gasteiger partial charge in [0.15, 0.2) is 0 Å². The molecule has 0 fully saturated rings. The van der Waals surface area contributed by atoms with Crippen LogP contribution in [0.1, 0.15) is 116 Å². The van der Waals surface area contributed by atoms with Crippen molar-refractivity contribution in [2.75, 3.05) is 163 Å². The van der Waals surface area contributed by atoms with Crippen molar-refractivity contribution in [1.29, 1.82) is 0 Å². The summed E-state index contributed by atoms with van der Waals surface area (Å²) in [6, 6.07) is 0. The topological polar surface area (TPSA) is 111 Å². The molecule has 0 rings (SSSR count). The molecular formula is C43H87IO12. The number of ether oxygens (including phenoxy) is 12. The molecular weight excluding hydrogens is 835 g/mol. The zero-order chi connectivity index (χ0) is 40.2. The quantitative estimate of drug-likeness (QED) is 0.0333. The molecule has 0 amide bonds. The maximum absolute atomic E-state index is 5.68. The van der Waals surface area contributed by atoms with E-state index in [2.05, 4.69) is 29.5 Å². The highest BCUT2D eigenvalue weighted by molar-refractivity contribution is 14.1. The molecule has 0 saturated heterocycles. The highest BCUT2D eigenvalue weighted by atomic mass is 127. The van der Waals surface area contributed by atoms with Crippen LogP contribution in [0.2, 0.25) is 0 Å². The van der Waals surface area contributed by atoms with E-state index < -0.39 is 0 Å². The van der Waals surface area contributed by atoms with Crippen LogP contribution < -0.4 is 0 Å². The molecule has 0 radical (unpaired) electrons. The summed E-state index contributed by atoms with van der Waals surface area (Å²) < 4.78 is 67.8. The summed E-state index contributed by atoms with van der Waals surface area (Å²) in [4.78, 5) is 0. The second kappa shape index (κ2) is 55.2.